The zero-order chi connectivity index (χ0) is 15.3. The lowest BCUT2D eigenvalue weighted by molar-refractivity contribution is -0.898. The largest absolute Gasteiger partial charge is 0.633 e. The lowest BCUT2D eigenvalue weighted by Crippen LogP contribution is -2.69. The van der Waals surface area contributed by atoms with E-state index in [1.54, 1.807) is 19.2 Å². The predicted octanol–water partition coefficient (Wildman–Crippen LogP) is 1.21. The Bertz CT molecular complexity index is 713. The number of hydrogen-bond donors (Lipinski definition) is 2. The summed E-state index contributed by atoms with van der Waals surface area (Å²) in [6.07, 6.45) is 4.07. The fourth-order valence-corrected chi connectivity index (χ4v) is 5.39. The second-order valence-corrected chi connectivity index (χ2v) is 7.35. The summed E-state index contributed by atoms with van der Waals surface area (Å²) < 4.78 is 5.79. The van der Waals surface area contributed by atoms with E-state index < -0.39 is 12.2 Å². The Morgan fingerprint density at radius 2 is 2.18 bits per heavy atom. The zero-order valence-corrected chi connectivity index (χ0v) is 12.4. The van der Waals surface area contributed by atoms with E-state index in [1.807, 2.05) is 12.1 Å². The smallest absolute Gasteiger partial charge is 0.165 e. The average Bonchev–Trinajstić information content (AvgIpc) is 2.84. The number of hydrogen-bond acceptors (Lipinski definition) is 4. The molecular weight excluding hydrogens is 282 g/mol. The number of likely N-dealkylation sites (N-methyl/N-ethyl adjacent to an activating group) is 1. The summed E-state index contributed by atoms with van der Waals surface area (Å²) in [5.74, 6) is 0.722. The Labute approximate surface area is 128 Å². The number of quaternary nitrogens is 1. The fourth-order valence-electron chi connectivity index (χ4n) is 5.39. The molecule has 2 heterocycles. The molecule has 2 bridgehead atoms. The Hall–Kier alpha value is -1.56. The second-order valence-electron chi connectivity index (χ2n) is 7.35. The van der Waals surface area contributed by atoms with Crippen molar-refractivity contribution >= 4 is 0 Å². The van der Waals surface area contributed by atoms with E-state index in [0.717, 1.165) is 11.1 Å². The van der Waals surface area contributed by atoms with Crippen LogP contribution < -0.4 is 4.74 Å². The predicted molar refractivity (Wildman–Crippen MR) is 79.4 cm³/mol. The second kappa shape index (κ2) is 3.67. The normalized spacial score (nSPS) is 47.0. The Morgan fingerprint density at radius 3 is 3.00 bits per heavy atom. The van der Waals surface area contributed by atoms with E-state index in [-0.39, 0.29) is 27.8 Å². The van der Waals surface area contributed by atoms with Gasteiger partial charge in [0.1, 0.15) is 12.2 Å². The number of ether oxygens (including phenoxy) is 1. The van der Waals surface area contributed by atoms with Gasteiger partial charge in [0.15, 0.2) is 11.5 Å². The van der Waals surface area contributed by atoms with Gasteiger partial charge in [-0.15, -0.1) is 0 Å². The monoisotopic (exact) mass is 301 g/mol. The summed E-state index contributed by atoms with van der Waals surface area (Å²) in [6.45, 7) is 0.524. The molecule has 1 aromatic carbocycles. The molecule has 0 saturated carbocycles. The molecule has 1 aromatic rings. The van der Waals surface area contributed by atoms with Crippen LogP contribution in [0.3, 0.4) is 0 Å². The number of aliphatic hydroxyl groups excluding tert-OH is 1. The number of rotatable bonds is 0. The first-order valence-electron chi connectivity index (χ1n) is 7.90. The maximum atomic E-state index is 12.9. The topological polar surface area (TPSA) is 72.8 Å². The molecule has 5 nitrogen and oxygen atoms in total. The molecule has 2 aliphatic carbocycles. The number of phenols is 1. The van der Waals surface area contributed by atoms with Crippen LogP contribution in [0, 0.1) is 11.1 Å². The van der Waals surface area contributed by atoms with Crippen molar-refractivity contribution in [2.24, 2.45) is 5.92 Å². The van der Waals surface area contributed by atoms with E-state index in [9.17, 15) is 15.4 Å². The molecule has 1 spiro atoms. The molecule has 4 aliphatic rings. The average molecular weight is 301 g/mol. The van der Waals surface area contributed by atoms with Crippen LogP contribution in [0.2, 0.25) is 0 Å². The SMILES string of the molecule is C[N+]1([O-])CC[C@]23c4c5ccc(O)c4OC2[C@@H](O)C=CC3[C@H]1C5. The van der Waals surface area contributed by atoms with Gasteiger partial charge in [-0.2, -0.15) is 0 Å². The van der Waals surface area contributed by atoms with Crippen molar-refractivity contribution in [3.05, 3.63) is 40.6 Å². The fraction of sp³-hybridized carbons (Fsp3) is 0.529. The Balaban J connectivity index is 1.84. The highest BCUT2D eigenvalue weighted by Crippen LogP contribution is 2.63. The molecule has 3 unspecified atom stereocenters. The first-order chi connectivity index (χ1) is 10.4. The summed E-state index contributed by atoms with van der Waals surface area (Å²) in [5, 5.41) is 33.6. The maximum Gasteiger partial charge on any atom is 0.165 e. The van der Waals surface area contributed by atoms with Crippen LogP contribution >= 0.6 is 0 Å². The zero-order valence-electron chi connectivity index (χ0n) is 12.4. The van der Waals surface area contributed by atoms with Crippen molar-refractivity contribution in [2.75, 3.05) is 13.6 Å². The number of likely N-dealkylation sites (tertiary alicyclic amines) is 1. The van der Waals surface area contributed by atoms with Crippen molar-refractivity contribution in [1.29, 1.82) is 0 Å². The van der Waals surface area contributed by atoms with Crippen LogP contribution in [0.15, 0.2) is 24.3 Å². The molecule has 0 amide bonds. The lowest BCUT2D eigenvalue weighted by Gasteiger charge is -2.61. The standard InChI is InChI=1S/C17H19NO4/c1-18(21)7-6-17-10-3-5-13(20)16(17)22-15-12(19)4-2-9(14(15)17)8-11(10)18/h2-5,10-11,13,16,19-20H,6-8H2,1H3/t10?,11-,13+,16?,17+,18?/m1/s1. The third-order valence-corrected chi connectivity index (χ3v) is 6.38. The van der Waals surface area contributed by atoms with E-state index in [4.69, 9.17) is 4.74 Å². The first kappa shape index (κ1) is 12.9. The molecule has 2 N–H and O–H groups in total. The van der Waals surface area contributed by atoms with Crippen molar-refractivity contribution in [2.45, 2.75) is 36.5 Å². The lowest BCUT2D eigenvalue weighted by atomic mass is 9.53. The van der Waals surface area contributed by atoms with Crippen LogP contribution in [0.5, 0.6) is 11.5 Å². The highest BCUT2D eigenvalue weighted by Gasteiger charge is 2.66. The van der Waals surface area contributed by atoms with Gasteiger partial charge in [-0.25, -0.2) is 0 Å². The number of phenolic OH excluding ortho intramolecular Hbond substituents is 1. The highest BCUT2D eigenvalue weighted by atomic mass is 16.5. The third-order valence-electron chi connectivity index (χ3n) is 6.38. The van der Waals surface area contributed by atoms with Gasteiger partial charge < -0.3 is 24.8 Å². The van der Waals surface area contributed by atoms with Crippen LogP contribution in [-0.2, 0) is 11.8 Å². The van der Waals surface area contributed by atoms with Gasteiger partial charge in [0.05, 0.1) is 25.0 Å². The molecule has 1 fully saturated rings. The van der Waals surface area contributed by atoms with Gasteiger partial charge in [-0.05, 0) is 11.6 Å². The van der Waals surface area contributed by atoms with Crippen LogP contribution in [0.1, 0.15) is 17.5 Å². The maximum absolute atomic E-state index is 12.9. The number of benzene rings is 1. The summed E-state index contributed by atoms with van der Waals surface area (Å²) in [7, 11) is 1.76. The van der Waals surface area contributed by atoms with E-state index in [0.29, 0.717) is 25.1 Å². The molecule has 22 heavy (non-hydrogen) atoms. The number of nitrogens with zero attached hydrogens (tertiary/aromatic N) is 1. The van der Waals surface area contributed by atoms with Gasteiger partial charge in [0.25, 0.3) is 0 Å². The van der Waals surface area contributed by atoms with Gasteiger partial charge in [-0.1, -0.05) is 18.2 Å². The van der Waals surface area contributed by atoms with Crippen LogP contribution in [0.4, 0.5) is 0 Å². The van der Waals surface area contributed by atoms with Crippen LogP contribution in [0.25, 0.3) is 0 Å². The molecule has 5 heteroatoms. The minimum atomic E-state index is -0.696. The number of piperidine rings is 1. The first-order valence-corrected chi connectivity index (χ1v) is 7.90. The van der Waals surface area contributed by atoms with Crippen molar-refractivity contribution in [3.8, 4) is 11.5 Å². The van der Waals surface area contributed by atoms with Gasteiger partial charge in [0, 0.05) is 24.3 Å². The van der Waals surface area contributed by atoms with E-state index in [1.165, 1.54) is 0 Å². The molecule has 1 saturated heterocycles. The van der Waals surface area contributed by atoms with Gasteiger partial charge in [-0.3, -0.25) is 0 Å². The number of aliphatic hydroxyl groups is 1. The number of aromatic hydroxyl groups is 1. The van der Waals surface area contributed by atoms with E-state index in [2.05, 4.69) is 0 Å². The molecule has 5 rings (SSSR count). The minimum Gasteiger partial charge on any atom is -0.633 e. The summed E-state index contributed by atoms with van der Waals surface area (Å²) >= 11 is 0. The Kier molecular flexibility index (Phi) is 2.16. The van der Waals surface area contributed by atoms with E-state index >= 15 is 0 Å². The third kappa shape index (κ3) is 1.23. The van der Waals surface area contributed by atoms with Crippen molar-refractivity contribution < 1.29 is 19.6 Å². The molecule has 6 atom stereocenters. The molecule has 0 radical (unpaired) electrons. The minimum absolute atomic E-state index is 0.0495. The molecule has 0 aromatic heterocycles. The van der Waals surface area contributed by atoms with Crippen LogP contribution in [-0.4, -0.2) is 46.7 Å². The van der Waals surface area contributed by atoms with Gasteiger partial charge in [0.2, 0.25) is 0 Å². The Morgan fingerprint density at radius 1 is 1.36 bits per heavy atom. The molecule has 2 aliphatic heterocycles. The summed E-state index contributed by atoms with van der Waals surface area (Å²) in [4.78, 5) is 0. The highest BCUT2D eigenvalue weighted by molar-refractivity contribution is 5.61. The van der Waals surface area contributed by atoms with Gasteiger partial charge >= 0.3 is 0 Å². The van der Waals surface area contributed by atoms with Crippen molar-refractivity contribution in [3.63, 3.8) is 0 Å². The summed E-state index contributed by atoms with van der Waals surface area (Å²) in [6, 6.07) is 3.51. The molecule has 116 valence electrons. The number of hydroxylamine groups is 3. The van der Waals surface area contributed by atoms with Crippen molar-refractivity contribution in [1.82, 2.24) is 0 Å². The summed E-state index contributed by atoms with van der Waals surface area (Å²) in [5.41, 5.74) is 1.78. The molecular formula is C17H19NO4. The quantitative estimate of drug-likeness (QED) is 0.429.